The lowest BCUT2D eigenvalue weighted by Crippen LogP contribution is -2.74. The van der Waals surface area contributed by atoms with Crippen LogP contribution in [0.1, 0.15) is 49.7 Å². The topological polar surface area (TPSA) is 114 Å². The summed E-state index contributed by atoms with van der Waals surface area (Å²) in [5.41, 5.74) is 0.795. The van der Waals surface area contributed by atoms with Crippen LogP contribution in [0.5, 0.6) is 11.5 Å². The van der Waals surface area contributed by atoms with Crippen molar-refractivity contribution in [1.82, 2.24) is 0 Å². The average molecular weight is 1940 g/mol. The van der Waals surface area contributed by atoms with E-state index in [1.165, 1.54) is 54.6 Å². The molecule has 3 aromatic carbocycles. The predicted molar refractivity (Wildman–Crippen MR) is 304 cm³/mol. The quantitative estimate of drug-likeness (QED) is 0.0419. The Morgan fingerprint density at radius 2 is 0.556 bits per heavy atom. The first-order valence-corrected chi connectivity index (χ1v) is 32.8. The number of halogens is 51. The van der Waals surface area contributed by atoms with Crippen LogP contribution in [0.15, 0.2) is 84.9 Å². The molecular formula is C63H51F51O10. The molecule has 720 valence electrons. The molecule has 2 N–H and O–H groups in total. The van der Waals surface area contributed by atoms with Gasteiger partial charge in [-0.25, -0.2) is 0 Å². The molecule has 0 aromatic heterocycles. The second-order valence-corrected chi connectivity index (χ2v) is 26.3. The molecule has 10 nitrogen and oxygen atoms in total. The maximum atomic E-state index is 15.1. The summed E-state index contributed by atoms with van der Waals surface area (Å²) in [6.45, 7) is -13.1. The Balaban J connectivity index is 1.88. The summed E-state index contributed by atoms with van der Waals surface area (Å²) < 4.78 is 759. The minimum atomic E-state index is -9.28. The highest BCUT2D eigenvalue weighted by molar-refractivity contribution is 5.32. The van der Waals surface area contributed by atoms with Gasteiger partial charge in [0.25, 0.3) is 0 Å². The first-order chi connectivity index (χ1) is 55.2. The molecule has 1 aliphatic heterocycles. The third-order valence-electron chi connectivity index (χ3n) is 17.6. The summed E-state index contributed by atoms with van der Waals surface area (Å²) in [4.78, 5) is 0. The second kappa shape index (κ2) is 36.4. The van der Waals surface area contributed by atoms with Crippen molar-refractivity contribution in [2.75, 3.05) is 39.6 Å². The van der Waals surface area contributed by atoms with Gasteiger partial charge >= 0.3 is 143 Å². The number of hydrogen-bond donors (Lipinski definition) is 2. The lowest BCUT2D eigenvalue weighted by Gasteiger charge is -2.43. The van der Waals surface area contributed by atoms with Crippen molar-refractivity contribution in [1.29, 1.82) is 0 Å². The van der Waals surface area contributed by atoms with E-state index in [0.717, 1.165) is 0 Å². The third-order valence-corrected chi connectivity index (χ3v) is 17.6. The molecule has 0 radical (unpaired) electrons. The molecule has 0 aliphatic carbocycles. The van der Waals surface area contributed by atoms with Crippen molar-refractivity contribution < 1.29 is 272 Å². The van der Waals surface area contributed by atoms with Crippen LogP contribution in [0.2, 0.25) is 0 Å². The summed E-state index contributed by atoms with van der Waals surface area (Å²) in [6, 6.07) is 17.6. The number of ether oxygens (including phenoxy) is 8. The Hall–Kier alpha value is -6.63. The normalized spacial score (nSPS) is 19.4. The molecule has 0 amide bonds. The first kappa shape index (κ1) is 110. The molecule has 3 aromatic rings. The van der Waals surface area contributed by atoms with E-state index in [1.807, 2.05) is 0 Å². The van der Waals surface area contributed by atoms with Gasteiger partial charge in [-0.2, -0.15) is 224 Å². The Labute approximate surface area is 656 Å². The van der Waals surface area contributed by atoms with E-state index >= 15 is 17.6 Å². The fraction of sp³-hybridized carbons (Fsp3) is 0.714. The van der Waals surface area contributed by atoms with E-state index in [9.17, 15) is 217 Å². The van der Waals surface area contributed by atoms with Gasteiger partial charge in [-0.3, -0.25) is 0 Å². The molecule has 4 rings (SSSR count). The fourth-order valence-corrected chi connectivity index (χ4v) is 10.2. The summed E-state index contributed by atoms with van der Waals surface area (Å²) in [7, 11) is 0. The van der Waals surface area contributed by atoms with Gasteiger partial charge in [-0.15, -0.1) is 0 Å². The average Bonchev–Trinajstić information content (AvgIpc) is 0.703. The largest absolute Gasteiger partial charge is 0.491 e. The minimum absolute atomic E-state index is 0.355. The maximum absolute atomic E-state index is 15.1. The number of alkyl halides is 51. The van der Waals surface area contributed by atoms with Crippen LogP contribution in [0.4, 0.5) is 224 Å². The second-order valence-electron chi connectivity index (χ2n) is 26.3. The highest BCUT2D eigenvalue weighted by Crippen LogP contribution is 2.69. The molecule has 0 spiro atoms. The smallest absolute Gasteiger partial charge is 0.460 e. The van der Waals surface area contributed by atoms with Gasteiger partial charge in [-0.1, -0.05) is 60.7 Å². The fourth-order valence-electron chi connectivity index (χ4n) is 10.2. The van der Waals surface area contributed by atoms with Crippen molar-refractivity contribution in [2.45, 2.75) is 238 Å². The first-order valence-electron chi connectivity index (χ1n) is 32.8. The summed E-state index contributed by atoms with van der Waals surface area (Å²) in [6.07, 6.45) is -58.0. The number of aliphatic hydroxyl groups is 2. The molecule has 61 heteroatoms. The Morgan fingerprint density at radius 3 is 0.847 bits per heavy atom. The van der Waals surface area contributed by atoms with Crippen molar-refractivity contribution in [3.05, 3.63) is 96.1 Å². The zero-order valence-electron chi connectivity index (χ0n) is 59.5. The standard InChI is InChI=1S/C63H51F51O10/c64-40(65,43(70,71)46(76,77)49(82,83)52(88,89)55(94,95)58(100,101)61(106,107)108)18-7-21-117-27-34(118-22-8-19-41(66,67)44(72,73)47(78,79)50(84,85)53(90,91)56(96,97)59(102,103)62(109,110)111)35(119-23-9-20-42(68,69)45(74,75)48(80,81)51(86,87)54(92,93)57(98,99)60(104,105)63(112,113)114)28-120-31-14-16-32(17-15-31)123-39-38(122-26-30-12-5-2-6-13-30)37(36(116)33(24-115)124-39)121-25-29-10-3-1-4-11-29/h1-6,10-17,33-39,115-116H,7-9,18-28H2/t33?,34?,35?,36-,37?,38?,39-/m1/s1. The van der Waals surface area contributed by atoms with E-state index in [1.54, 1.807) is 6.07 Å². The molecule has 0 saturated carbocycles. The van der Waals surface area contributed by atoms with E-state index in [2.05, 4.69) is 4.74 Å². The van der Waals surface area contributed by atoms with E-state index in [-0.39, 0.29) is 6.61 Å². The molecule has 1 aliphatic rings. The zero-order valence-corrected chi connectivity index (χ0v) is 59.5. The molecule has 1 saturated heterocycles. The van der Waals surface area contributed by atoms with Crippen LogP contribution in [0, 0.1) is 0 Å². The maximum Gasteiger partial charge on any atom is 0.460 e. The summed E-state index contributed by atoms with van der Waals surface area (Å²) in [5.74, 6) is -185. The molecule has 1 heterocycles. The van der Waals surface area contributed by atoms with Crippen LogP contribution >= 0.6 is 0 Å². The third kappa shape index (κ3) is 19.5. The molecule has 124 heavy (non-hydrogen) atoms. The lowest BCUT2D eigenvalue weighted by atomic mass is 9.88. The highest BCUT2D eigenvalue weighted by Gasteiger charge is 2.99. The van der Waals surface area contributed by atoms with Gasteiger partial charge in [0.15, 0.2) is 0 Å². The van der Waals surface area contributed by atoms with E-state index < -0.39 is 282 Å². The number of rotatable bonds is 47. The Kier molecular flexibility index (Phi) is 32.2. The van der Waals surface area contributed by atoms with Crippen LogP contribution in [-0.4, -0.2) is 236 Å². The van der Waals surface area contributed by atoms with Crippen LogP contribution < -0.4 is 9.47 Å². The van der Waals surface area contributed by atoms with Crippen molar-refractivity contribution in [2.24, 2.45) is 0 Å². The summed E-state index contributed by atoms with van der Waals surface area (Å²) >= 11 is 0. The molecular weight excluding hydrogens is 1890 g/mol. The van der Waals surface area contributed by atoms with Crippen molar-refractivity contribution in [3.63, 3.8) is 0 Å². The van der Waals surface area contributed by atoms with E-state index in [0.29, 0.717) is 35.4 Å². The van der Waals surface area contributed by atoms with Crippen LogP contribution in [0.25, 0.3) is 0 Å². The summed E-state index contributed by atoms with van der Waals surface area (Å²) in [5, 5.41) is 21.4. The molecule has 7 atom stereocenters. The van der Waals surface area contributed by atoms with E-state index in [4.69, 9.17) is 33.2 Å². The van der Waals surface area contributed by atoms with Gasteiger partial charge in [0, 0.05) is 39.1 Å². The molecule has 0 bridgehead atoms. The van der Waals surface area contributed by atoms with Crippen molar-refractivity contribution >= 4 is 0 Å². The minimum Gasteiger partial charge on any atom is -0.491 e. The highest BCUT2D eigenvalue weighted by atomic mass is 19.5. The van der Waals surface area contributed by atoms with Gasteiger partial charge in [0.1, 0.15) is 54.7 Å². The van der Waals surface area contributed by atoms with Crippen LogP contribution in [-0.2, 0) is 41.6 Å². The zero-order chi connectivity index (χ0) is 96.8. The van der Waals surface area contributed by atoms with Gasteiger partial charge in [-0.05, 0) is 54.7 Å². The SMILES string of the molecule is OCC1O[C@@H](Oc2ccc(OCC(OCCCC(F)(F)C(F)(F)C(F)(F)C(F)(F)C(F)(F)C(F)(F)C(F)(F)C(F)(F)F)C(COCCCC(F)(F)C(F)(F)C(F)(F)C(F)(F)C(F)(F)C(F)(F)C(F)(F)C(F)(F)F)OCCCC(F)(F)C(F)(F)C(F)(F)C(F)(F)C(F)(F)C(F)(F)C(F)(F)C(F)(F)F)cc2)C(OCc2ccccc2)C(OCc2ccccc2)[C@@H]1O. The Bertz CT molecular complexity index is 3870. The predicted octanol–water partition coefficient (Wildman–Crippen LogP) is 21.8. The number of aliphatic hydroxyl groups excluding tert-OH is 2. The van der Waals surface area contributed by atoms with Crippen LogP contribution in [0.3, 0.4) is 0 Å². The van der Waals surface area contributed by atoms with Gasteiger partial charge < -0.3 is 48.1 Å². The number of hydrogen-bond acceptors (Lipinski definition) is 10. The Morgan fingerprint density at radius 1 is 0.298 bits per heavy atom. The van der Waals surface area contributed by atoms with Gasteiger partial charge in [0.05, 0.1) is 26.4 Å². The molecule has 5 unspecified atom stereocenters. The number of benzene rings is 3. The van der Waals surface area contributed by atoms with Gasteiger partial charge in [0.2, 0.25) is 6.29 Å². The monoisotopic (exact) mass is 1940 g/mol. The lowest BCUT2D eigenvalue weighted by molar-refractivity contribution is -0.461. The van der Waals surface area contributed by atoms with Crippen molar-refractivity contribution in [3.8, 4) is 11.5 Å². The molecule has 1 fully saturated rings.